The molecule has 7 nitrogen and oxygen atoms in total. The molecule has 0 saturated carbocycles. The number of benzene rings is 2. The van der Waals surface area contributed by atoms with Gasteiger partial charge in [0.2, 0.25) is 5.91 Å². The van der Waals surface area contributed by atoms with Gasteiger partial charge in [-0.2, -0.15) is 5.10 Å². The maximum atomic E-state index is 12.3. The minimum Gasteiger partial charge on any atom is -0.325 e. The number of fused-ring (bicyclic) bond motifs is 3. The number of hydrazone groups is 1. The number of nitrogens with one attached hydrogen (secondary N) is 3. The van der Waals surface area contributed by atoms with Gasteiger partial charge in [0, 0.05) is 23.1 Å². The number of thioether (sulfide) groups is 1. The van der Waals surface area contributed by atoms with Crippen LogP contribution in [0.15, 0.2) is 72.1 Å². The van der Waals surface area contributed by atoms with Gasteiger partial charge in [0.05, 0.1) is 17.8 Å². The largest absolute Gasteiger partial charge is 0.325 e. The molecule has 154 valence electrons. The van der Waals surface area contributed by atoms with Crippen LogP contribution in [-0.2, 0) is 4.79 Å². The highest BCUT2D eigenvalue weighted by Crippen LogP contribution is 2.35. The number of rotatable bonds is 4. The molecule has 5 rings (SSSR count). The number of carbonyl (C=O) groups excluding carboxylic acids is 1. The van der Waals surface area contributed by atoms with Crippen LogP contribution in [0.2, 0.25) is 5.02 Å². The molecule has 1 amide bonds. The Labute approximate surface area is 184 Å². The highest BCUT2D eigenvalue weighted by Gasteiger charge is 2.44. The number of nitrogens with zero attached hydrogens (tertiary/aromatic N) is 3. The molecule has 2 aromatic rings. The fourth-order valence-electron chi connectivity index (χ4n) is 3.91. The molecule has 0 bridgehead atoms. The van der Waals surface area contributed by atoms with E-state index in [1.807, 2.05) is 18.5 Å². The van der Waals surface area contributed by atoms with Crippen molar-refractivity contribution in [1.82, 2.24) is 20.8 Å². The van der Waals surface area contributed by atoms with Crippen molar-refractivity contribution >= 4 is 40.1 Å². The maximum absolute atomic E-state index is 12.3. The van der Waals surface area contributed by atoms with E-state index in [0.717, 1.165) is 17.3 Å². The first kappa shape index (κ1) is 19.3. The number of carbonyl (C=O) groups is 1. The first-order chi connectivity index (χ1) is 14.7. The predicted molar refractivity (Wildman–Crippen MR) is 120 cm³/mol. The zero-order valence-corrected chi connectivity index (χ0v) is 17.6. The van der Waals surface area contributed by atoms with Crippen molar-refractivity contribution in [3.63, 3.8) is 0 Å². The van der Waals surface area contributed by atoms with Crippen LogP contribution < -0.4 is 16.2 Å². The molecule has 9 heteroatoms. The van der Waals surface area contributed by atoms with E-state index in [0.29, 0.717) is 5.02 Å². The van der Waals surface area contributed by atoms with Crippen LogP contribution >= 0.6 is 23.4 Å². The molecule has 0 aromatic heterocycles. The van der Waals surface area contributed by atoms with Crippen LogP contribution in [0.25, 0.3) is 0 Å². The number of amides is 1. The second-order valence-corrected chi connectivity index (χ2v) is 8.70. The molecule has 3 heterocycles. The van der Waals surface area contributed by atoms with Gasteiger partial charge in [0.15, 0.2) is 5.17 Å². The third-order valence-corrected chi connectivity index (χ3v) is 6.59. The summed E-state index contributed by atoms with van der Waals surface area (Å²) < 4.78 is 0. The summed E-state index contributed by atoms with van der Waals surface area (Å²) in [6, 6.07) is 18.1. The Bertz CT molecular complexity index is 983. The number of hydrogen-bond acceptors (Lipinski definition) is 7. The zero-order chi connectivity index (χ0) is 20.5. The van der Waals surface area contributed by atoms with Gasteiger partial charge in [-0.15, -0.1) is 0 Å². The van der Waals surface area contributed by atoms with Gasteiger partial charge in [0.1, 0.15) is 6.17 Å². The lowest BCUT2D eigenvalue weighted by Gasteiger charge is -2.36. The Morgan fingerprint density at radius 2 is 1.97 bits per heavy atom. The third-order valence-electron chi connectivity index (χ3n) is 5.37. The maximum Gasteiger partial charge on any atom is 0.234 e. The van der Waals surface area contributed by atoms with E-state index in [4.69, 9.17) is 11.6 Å². The van der Waals surface area contributed by atoms with E-state index >= 15 is 0 Å². The summed E-state index contributed by atoms with van der Waals surface area (Å²) in [6.07, 6.45) is 5.05. The first-order valence-corrected chi connectivity index (χ1v) is 11.1. The van der Waals surface area contributed by atoms with Gasteiger partial charge < -0.3 is 15.2 Å². The molecule has 3 atom stereocenters. The SMILES string of the molecule is O=C(CSC1=NNC2C3CC(c4ccccc4)NN3C=CN12)Nc1ccc(Cl)cc1. The van der Waals surface area contributed by atoms with E-state index in [9.17, 15) is 4.79 Å². The van der Waals surface area contributed by atoms with Crippen LogP contribution in [0.4, 0.5) is 5.69 Å². The molecule has 0 radical (unpaired) electrons. The Kier molecular flexibility index (Phi) is 5.28. The minimum atomic E-state index is -0.0808. The second kappa shape index (κ2) is 8.22. The quantitative estimate of drug-likeness (QED) is 0.677. The summed E-state index contributed by atoms with van der Waals surface area (Å²) in [5, 5.41) is 11.0. The van der Waals surface area contributed by atoms with Gasteiger partial charge in [-0.05, 0) is 36.2 Å². The smallest absolute Gasteiger partial charge is 0.234 e. The number of hydrogen-bond donors (Lipinski definition) is 3. The van der Waals surface area contributed by atoms with Crippen molar-refractivity contribution in [3.05, 3.63) is 77.6 Å². The molecular weight excluding hydrogens is 420 g/mol. The summed E-state index contributed by atoms with van der Waals surface area (Å²) in [6.45, 7) is 0. The Balaban J connectivity index is 1.18. The molecule has 3 unspecified atom stereocenters. The van der Waals surface area contributed by atoms with Crippen molar-refractivity contribution in [2.24, 2.45) is 5.10 Å². The van der Waals surface area contributed by atoms with Crippen molar-refractivity contribution in [1.29, 1.82) is 0 Å². The number of halogens is 1. The molecule has 3 aliphatic rings. The van der Waals surface area contributed by atoms with Crippen molar-refractivity contribution in [2.75, 3.05) is 11.1 Å². The number of hydrazine groups is 1. The molecular formula is C21H21ClN6OS. The van der Waals surface area contributed by atoms with Crippen LogP contribution in [-0.4, -0.2) is 38.9 Å². The molecule has 0 spiro atoms. The molecule has 1 saturated heterocycles. The molecule has 30 heavy (non-hydrogen) atoms. The van der Waals surface area contributed by atoms with E-state index in [1.165, 1.54) is 17.3 Å². The lowest BCUT2D eigenvalue weighted by Crippen LogP contribution is -2.54. The Hall–Kier alpha value is -2.68. The summed E-state index contributed by atoms with van der Waals surface area (Å²) in [5.41, 5.74) is 8.82. The lowest BCUT2D eigenvalue weighted by atomic mass is 10.00. The average molecular weight is 441 g/mol. The fourth-order valence-corrected chi connectivity index (χ4v) is 4.81. The van der Waals surface area contributed by atoms with Gasteiger partial charge in [0.25, 0.3) is 0 Å². The summed E-state index contributed by atoms with van der Waals surface area (Å²) in [5.74, 6) is 0.196. The number of amidine groups is 1. The highest BCUT2D eigenvalue weighted by molar-refractivity contribution is 8.14. The predicted octanol–water partition coefficient (Wildman–Crippen LogP) is 3.32. The molecule has 3 N–H and O–H groups in total. The van der Waals surface area contributed by atoms with Gasteiger partial charge in [-0.3, -0.25) is 10.2 Å². The van der Waals surface area contributed by atoms with E-state index in [2.05, 4.69) is 55.4 Å². The minimum absolute atomic E-state index is 0.0399. The lowest BCUT2D eigenvalue weighted by molar-refractivity contribution is -0.113. The summed E-state index contributed by atoms with van der Waals surface area (Å²) in [4.78, 5) is 14.4. The Morgan fingerprint density at radius 1 is 1.17 bits per heavy atom. The summed E-state index contributed by atoms with van der Waals surface area (Å²) >= 11 is 7.30. The third kappa shape index (κ3) is 3.86. The van der Waals surface area contributed by atoms with Crippen LogP contribution in [0, 0.1) is 0 Å². The van der Waals surface area contributed by atoms with Crippen LogP contribution in [0.1, 0.15) is 18.0 Å². The van der Waals surface area contributed by atoms with E-state index < -0.39 is 0 Å². The average Bonchev–Trinajstić information content (AvgIpc) is 3.38. The normalized spacial score (nSPS) is 24.2. The fraction of sp³-hybridized carbons (Fsp3) is 0.238. The highest BCUT2D eigenvalue weighted by atomic mass is 35.5. The van der Waals surface area contributed by atoms with Gasteiger partial charge >= 0.3 is 0 Å². The van der Waals surface area contributed by atoms with E-state index in [-0.39, 0.29) is 29.9 Å². The molecule has 0 aliphatic carbocycles. The molecule has 3 aliphatic heterocycles. The van der Waals surface area contributed by atoms with Crippen LogP contribution in [0.3, 0.4) is 0 Å². The van der Waals surface area contributed by atoms with Crippen molar-refractivity contribution in [2.45, 2.75) is 24.7 Å². The first-order valence-electron chi connectivity index (χ1n) is 9.75. The number of anilines is 1. The van der Waals surface area contributed by atoms with E-state index in [1.54, 1.807) is 24.3 Å². The summed E-state index contributed by atoms with van der Waals surface area (Å²) in [7, 11) is 0. The Morgan fingerprint density at radius 3 is 2.77 bits per heavy atom. The van der Waals surface area contributed by atoms with Gasteiger partial charge in [-0.1, -0.05) is 53.7 Å². The monoisotopic (exact) mass is 440 g/mol. The van der Waals surface area contributed by atoms with Crippen molar-refractivity contribution < 1.29 is 4.79 Å². The van der Waals surface area contributed by atoms with Crippen molar-refractivity contribution in [3.8, 4) is 0 Å². The zero-order valence-electron chi connectivity index (χ0n) is 16.0. The van der Waals surface area contributed by atoms with Gasteiger partial charge in [-0.25, -0.2) is 5.43 Å². The topological polar surface area (TPSA) is 72.0 Å². The molecule has 1 fully saturated rings. The second-order valence-electron chi connectivity index (χ2n) is 7.32. The standard InChI is InChI=1S/C21H21ClN6OS/c22-15-6-8-16(9-7-15)23-19(29)13-30-21-25-24-20-18-12-17(14-4-2-1-3-5-14)26-28(18)11-10-27(20)21/h1-11,17-18,20,24,26H,12-13H2,(H,23,29). The molecule has 2 aromatic carbocycles. The van der Waals surface area contributed by atoms with Crippen LogP contribution in [0.5, 0.6) is 0 Å².